The molecule has 0 aromatic carbocycles. The minimum absolute atomic E-state index is 0.222. The SMILES string of the molecule is Cc1[nH]nc2c1[C@@]1(CN3CCC1CC3)C(C#N)=C(N)O2. The van der Waals surface area contributed by atoms with Crippen molar-refractivity contribution in [1.82, 2.24) is 15.1 Å². The van der Waals surface area contributed by atoms with Gasteiger partial charge in [0, 0.05) is 17.8 Å². The summed E-state index contributed by atoms with van der Waals surface area (Å²) >= 11 is 0. The zero-order valence-electron chi connectivity index (χ0n) is 11.4. The van der Waals surface area contributed by atoms with E-state index in [2.05, 4.69) is 21.2 Å². The van der Waals surface area contributed by atoms with E-state index in [1.807, 2.05) is 6.92 Å². The zero-order valence-corrected chi connectivity index (χ0v) is 11.4. The summed E-state index contributed by atoms with van der Waals surface area (Å²) in [4.78, 5) is 2.42. The van der Waals surface area contributed by atoms with E-state index in [4.69, 9.17) is 10.5 Å². The van der Waals surface area contributed by atoms with Gasteiger partial charge in [0.1, 0.15) is 11.6 Å². The molecule has 0 unspecified atom stereocenters. The fraction of sp³-hybridized carbons (Fsp3) is 0.571. The van der Waals surface area contributed by atoms with Crippen LogP contribution in [0.25, 0.3) is 0 Å². The second kappa shape index (κ2) is 3.76. The van der Waals surface area contributed by atoms with E-state index in [1.54, 1.807) is 0 Å². The van der Waals surface area contributed by atoms with Gasteiger partial charge < -0.3 is 15.4 Å². The van der Waals surface area contributed by atoms with Gasteiger partial charge in [0.15, 0.2) is 0 Å². The molecular weight excluding hydrogens is 254 g/mol. The summed E-state index contributed by atoms with van der Waals surface area (Å²) in [7, 11) is 0. The normalized spacial score (nSPS) is 34.8. The van der Waals surface area contributed by atoms with Crippen LogP contribution in [0, 0.1) is 24.2 Å². The van der Waals surface area contributed by atoms with E-state index in [0.29, 0.717) is 17.4 Å². The van der Waals surface area contributed by atoms with E-state index >= 15 is 0 Å². The Morgan fingerprint density at radius 1 is 1.50 bits per heavy atom. The Balaban J connectivity index is 2.00. The smallest absolute Gasteiger partial charge is 0.244 e. The molecule has 0 radical (unpaired) electrons. The van der Waals surface area contributed by atoms with E-state index < -0.39 is 0 Å². The van der Waals surface area contributed by atoms with Crippen molar-refractivity contribution < 1.29 is 4.74 Å². The Bertz CT molecular complexity index is 647. The number of rotatable bonds is 0. The van der Waals surface area contributed by atoms with Crippen LogP contribution < -0.4 is 10.5 Å². The van der Waals surface area contributed by atoms with Gasteiger partial charge in [-0.3, -0.25) is 5.10 Å². The molecule has 3 saturated heterocycles. The van der Waals surface area contributed by atoms with Crippen molar-refractivity contribution in [3.63, 3.8) is 0 Å². The van der Waals surface area contributed by atoms with E-state index in [-0.39, 0.29) is 11.3 Å². The highest BCUT2D eigenvalue weighted by atomic mass is 16.5. The molecule has 0 saturated carbocycles. The van der Waals surface area contributed by atoms with Crippen LogP contribution in [0.4, 0.5) is 0 Å². The van der Waals surface area contributed by atoms with Gasteiger partial charge in [-0.2, -0.15) is 5.26 Å². The first-order chi connectivity index (χ1) is 9.66. The summed E-state index contributed by atoms with van der Waals surface area (Å²) in [5, 5.41) is 16.9. The topological polar surface area (TPSA) is 91.0 Å². The minimum atomic E-state index is -0.333. The van der Waals surface area contributed by atoms with Crippen molar-refractivity contribution in [2.45, 2.75) is 25.2 Å². The number of aromatic nitrogens is 2. The van der Waals surface area contributed by atoms with Crippen LogP contribution in [0.3, 0.4) is 0 Å². The maximum Gasteiger partial charge on any atom is 0.244 e. The fourth-order valence-electron chi connectivity index (χ4n) is 4.29. The molecule has 6 nitrogen and oxygen atoms in total. The predicted molar refractivity (Wildman–Crippen MR) is 71.6 cm³/mol. The molecular formula is C14H17N5O. The Kier molecular flexibility index (Phi) is 2.22. The highest BCUT2D eigenvalue weighted by molar-refractivity contribution is 5.55. The zero-order chi connectivity index (χ0) is 13.9. The Labute approximate surface area is 117 Å². The number of hydrogen-bond acceptors (Lipinski definition) is 5. The Morgan fingerprint density at radius 2 is 2.25 bits per heavy atom. The molecule has 3 N–H and O–H groups in total. The van der Waals surface area contributed by atoms with E-state index in [9.17, 15) is 5.26 Å². The number of nitrogens with one attached hydrogen (secondary N) is 1. The summed E-state index contributed by atoms with van der Waals surface area (Å²) in [5.41, 5.74) is 8.29. The second-order valence-electron chi connectivity index (χ2n) is 6.00. The first kappa shape index (κ1) is 11.8. The highest BCUT2D eigenvalue weighted by Gasteiger charge is 2.56. The molecule has 5 rings (SSSR count). The maximum atomic E-state index is 9.64. The number of hydrogen-bond donors (Lipinski definition) is 2. The van der Waals surface area contributed by atoms with E-state index in [0.717, 1.165) is 43.7 Å². The third-order valence-corrected chi connectivity index (χ3v) is 5.13. The minimum Gasteiger partial charge on any atom is -0.420 e. The first-order valence-electron chi connectivity index (χ1n) is 7.03. The van der Waals surface area contributed by atoms with Crippen molar-refractivity contribution in [3.8, 4) is 11.9 Å². The predicted octanol–water partition coefficient (Wildman–Crippen LogP) is 0.768. The molecule has 104 valence electrons. The summed E-state index contributed by atoms with van der Waals surface area (Å²) in [5.74, 6) is 1.22. The molecule has 4 aliphatic heterocycles. The highest BCUT2D eigenvalue weighted by Crippen LogP contribution is 2.54. The van der Waals surface area contributed by atoms with Crippen molar-refractivity contribution in [3.05, 3.63) is 22.7 Å². The molecule has 2 bridgehead atoms. The molecule has 0 amide bonds. The van der Waals surface area contributed by atoms with Gasteiger partial charge in [-0.25, -0.2) is 0 Å². The number of fused-ring (bicyclic) bond motifs is 3. The monoisotopic (exact) mass is 271 g/mol. The number of nitrogens with two attached hydrogens (primary N) is 1. The lowest BCUT2D eigenvalue weighted by molar-refractivity contribution is 0.0384. The van der Waals surface area contributed by atoms with Crippen LogP contribution in [0.2, 0.25) is 0 Å². The van der Waals surface area contributed by atoms with Gasteiger partial charge in [-0.15, -0.1) is 5.10 Å². The number of H-pyrrole nitrogens is 1. The molecule has 0 aliphatic carbocycles. The third kappa shape index (κ3) is 1.23. The van der Waals surface area contributed by atoms with Crippen LogP contribution in [-0.2, 0) is 5.41 Å². The summed E-state index contributed by atoms with van der Waals surface area (Å²) in [6.07, 6.45) is 2.20. The number of aromatic amines is 1. The van der Waals surface area contributed by atoms with Crippen molar-refractivity contribution in [2.24, 2.45) is 11.7 Å². The number of nitriles is 1. The first-order valence-corrected chi connectivity index (χ1v) is 7.03. The Morgan fingerprint density at radius 3 is 2.85 bits per heavy atom. The lowest BCUT2D eigenvalue weighted by Gasteiger charge is -2.54. The largest absolute Gasteiger partial charge is 0.420 e. The molecule has 5 heterocycles. The van der Waals surface area contributed by atoms with Crippen LogP contribution in [-0.4, -0.2) is 34.7 Å². The summed E-state index contributed by atoms with van der Waals surface area (Å²) < 4.78 is 5.57. The van der Waals surface area contributed by atoms with Crippen molar-refractivity contribution >= 4 is 0 Å². The van der Waals surface area contributed by atoms with Crippen LogP contribution in [0.5, 0.6) is 5.88 Å². The average Bonchev–Trinajstić information content (AvgIpc) is 2.82. The van der Waals surface area contributed by atoms with Crippen LogP contribution in [0.15, 0.2) is 11.5 Å². The van der Waals surface area contributed by atoms with Crippen molar-refractivity contribution in [1.29, 1.82) is 5.26 Å². The average molecular weight is 271 g/mol. The van der Waals surface area contributed by atoms with Gasteiger partial charge in [0.25, 0.3) is 0 Å². The number of aryl methyl sites for hydroxylation is 1. The molecule has 3 fully saturated rings. The fourth-order valence-corrected chi connectivity index (χ4v) is 4.29. The Hall–Kier alpha value is -2.00. The lowest BCUT2D eigenvalue weighted by Crippen LogP contribution is -2.59. The molecule has 1 spiro atoms. The lowest BCUT2D eigenvalue weighted by atomic mass is 9.59. The molecule has 6 heteroatoms. The molecule has 1 aromatic rings. The number of ether oxygens (including phenoxy) is 1. The molecule has 1 aromatic heterocycles. The molecule has 20 heavy (non-hydrogen) atoms. The van der Waals surface area contributed by atoms with Gasteiger partial charge in [-0.05, 0) is 38.8 Å². The van der Waals surface area contributed by atoms with Gasteiger partial charge >= 0.3 is 0 Å². The summed E-state index contributed by atoms with van der Waals surface area (Å²) in [6.45, 7) is 5.05. The third-order valence-electron chi connectivity index (χ3n) is 5.13. The van der Waals surface area contributed by atoms with Crippen LogP contribution in [0.1, 0.15) is 24.1 Å². The van der Waals surface area contributed by atoms with Crippen LogP contribution >= 0.6 is 0 Å². The number of nitrogens with zero attached hydrogens (tertiary/aromatic N) is 3. The quantitative estimate of drug-likeness (QED) is 0.727. The van der Waals surface area contributed by atoms with Crippen molar-refractivity contribution in [2.75, 3.05) is 19.6 Å². The number of piperidine rings is 3. The van der Waals surface area contributed by atoms with Gasteiger partial charge in [-0.1, -0.05) is 0 Å². The second-order valence-corrected chi connectivity index (χ2v) is 6.00. The van der Waals surface area contributed by atoms with Gasteiger partial charge in [0.05, 0.1) is 5.41 Å². The molecule has 1 atom stereocenters. The molecule has 4 aliphatic rings. The van der Waals surface area contributed by atoms with Gasteiger partial charge in [0.2, 0.25) is 11.8 Å². The maximum absolute atomic E-state index is 9.64. The standard InChI is InChI=1S/C14H17N5O/c1-8-11-13(18-17-8)20-12(16)10(6-15)14(11)7-19-4-2-9(14)3-5-19/h9H,2-5,7,16H2,1H3,(H,17,18)/t14-/m1/s1. The van der Waals surface area contributed by atoms with E-state index in [1.165, 1.54) is 0 Å². The summed E-state index contributed by atoms with van der Waals surface area (Å²) in [6, 6.07) is 2.32.